The molecular formula is C20H20N2O2. The fraction of sp³-hybridized carbons (Fsp3) is 0.200. The molecule has 0 aliphatic carbocycles. The van der Waals surface area contributed by atoms with E-state index in [-0.39, 0.29) is 6.10 Å². The third kappa shape index (κ3) is 3.71. The lowest BCUT2D eigenvalue weighted by Gasteiger charge is -2.11. The van der Waals surface area contributed by atoms with Gasteiger partial charge in [0.1, 0.15) is 11.4 Å². The molecule has 0 spiro atoms. The van der Waals surface area contributed by atoms with Crippen LogP contribution < -0.4 is 9.47 Å². The molecule has 0 bridgehead atoms. The van der Waals surface area contributed by atoms with Crippen LogP contribution in [0.3, 0.4) is 0 Å². The Morgan fingerprint density at radius 2 is 1.54 bits per heavy atom. The first-order valence-corrected chi connectivity index (χ1v) is 7.91. The molecule has 4 nitrogen and oxygen atoms in total. The molecule has 0 atom stereocenters. The van der Waals surface area contributed by atoms with Crippen LogP contribution in [0.1, 0.15) is 25.1 Å². The molecule has 3 rings (SSSR count). The maximum atomic E-state index is 5.83. The number of methoxy groups -OCH3 is 1. The monoisotopic (exact) mass is 320 g/mol. The number of para-hydroxylation sites is 2. The van der Waals surface area contributed by atoms with Crippen LogP contribution in [0.5, 0.6) is 11.6 Å². The molecular weight excluding hydrogens is 300 g/mol. The smallest absolute Gasteiger partial charge is 0.240 e. The first-order chi connectivity index (χ1) is 11.7. The zero-order chi connectivity index (χ0) is 16.9. The average molecular weight is 320 g/mol. The van der Waals surface area contributed by atoms with Gasteiger partial charge in [-0.3, -0.25) is 0 Å². The SMILES string of the molecule is COc1ccc(C=Cc2nc3ccccc3nc2OC(C)C)cc1. The van der Waals surface area contributed by atoms with Crippen LogP contribution >= 0.6 is 0 Å². The standard InChI is InChI=1S/C20H20N2O2/c1-14(2)24-20-19(21-17-6-4-5-7-18(17)22-20)13-10-15-8-11-16(23-3)12-9-15/h4-14H,1-3H3. The van der Waals surface area contributed by atoms with E-state index in [1.54, 1.807) is 7.11 Å². The lowest BCUT2D eigenvalue weighted by molar-refractivity contribution is 0.232. The molecule has 0 amide bonds. The summed E-state index contributed by atoms with van der Waals surface area (Å²) in [5.74, 6) is 1.38. The maximum absolute atomic E-state index is 5.83. The van der Waals surface area contributed by atoms with Gasteiger partial charge in [0.2, 0.25) is 5.88 Å². The molecule has 3 aromatic rings. The first kappa shape index (κ1) is 16.0. The topological polar surface area (TPSA) is 44.2 Å². The number of hydrogen-bond acceptors (Lipinski definition) is 4. The summed E-state index contributed by atoms with van der Waals surface area (Å²) in [6.07, 6.45) is 3.96. The van der Waals surface area contributed by atoms with Crippen molar-refractivity contribution in [1.82, 2.24) is 9.97 Å². The predicted octanol–water partition coefficient (Wildman–Crippen LogP) is 4.60. The number of aromatic nitrogens is 2. The van der Waals surface area contributed by atoms with Crippen LogP contribution in [0.2, 0.25) is 0 Å². The maximum Gasteiger partial charge on any atom is 0.240 e. The van der Waals surface area contributed by atoms with E-state index < -0.39 is 0 Å². The lowest BCUT2D eigenvalue weighted by Crippen LogP contribution is -2.09. The highest BCUT2D eigenvalue weighted by Gasteiger charge is 2.09. The summed E-state index contributed by atoms with van der Waals surface area (Å²) in [5, 5.41) is 0. The zero-order valence-corrected chi connectivity index (χ0v) is 14.1. The van der Waals surface area contributed by atoms with E-state index in [9.17, 15) is 0 Å². The Bertz CT molecular complexity index is 855. The number of benzene rings is 2. The molecule has 1 aromatic heterocycles. The Balaban J connectivity index is 1.97. The fourth-order valence-corrected chi connectivity index (χ4v) is 2.31. The van der Waals surface area contributed by atoms with Crippen LogP contribution in [0.25, 0.3) is 23.2 Å². The van der Waals surface area contributed by atoms with Gasteiger partial charge >= 0.3 is 0 Å². The summed E-state index contributed by atoms with van der Waals surface area (Å²) in [5.41, 5.74) is 3.46. The second kappa shape index (κ2) is 7.13. The van der Waals surface area contributed by atoms with Crippen molar-refractivity contribution in [1.29, 1.82) is 0 Å². The minimum atomic E-state index is 0.0357. The Morgan fingerprint density at radius 3 is 2.17 bits per heavy atom. The fourth-order valence-electron chi connectivity index (χ4n) is 2.31. The van der Waals surface area contributed by atoms with Crippen LogP contribution in [0, 0.1) is 0 Å². The Hall–Kier alpha value is -2.88. The molecule has 0 N–H and O–H groups in total. The van der Waals surface area contributed by atoms with Gasteiger partial charge in [-0.25, -0.2) is 9.97 Å². The second-order valence-electron chi connectivity index (χ2n) is 5.68. The van der Waals surface area contributed by atoms with Crippen LogP contribution in [-0.4, -0.2) is 23.2 Å². The Labute approximate surface area is 141 Å². The van der Waals surface area contributed by atoms with Crippen molar-refractivity contribution < 1.29 is 9.47 Å². The number of rotatable bonds is 5. The Kier molecular flexibility index (Phi) is 4.75. The van der Waals surface area contributed by atoms with Gasteiger partial charge in [0.15, 0.2) is 0 Å². The second-order valence-corrected chi connectivity index (χ2v) is 5.68. The van der Waals surface area contributed by atoms with Gasteiger partial charge < -0.3 is 9.47 Å². The van der Waals surface area contributed by atoms with E-state index in [1.807, 2.05) is 74.5 Å². The van der Waals surface area contributed by atoms with Crippen molar-refractivity contribution in [2.75, 3.05) is 7.11 Å². The van der Waals surface area contributed by atoms with Gasteiger partial charge in [-0.2, -0.15) is 0 Å². The highest BCUT2D eigenvalue weighted by Crippen LogP contribution is 2.22. The third-order valence-corrected chi connectivity index (χ3v) is 3.46. The van der Waals surface area contributed by atoms with Gasteiger partial charge in [-0.1, -0.05) is 30.3 Å². The average Bonchev–Trinajstić information content (AvgIpc) is 2.60. The van der Waals surface area contributed by atoms with Crippen LogP contribution in [-0.2, 0) is 0 Å². The van der Waals surface area contributed by atoms with Crippen molar-refractivity contribution >= 4 is 23.2 Å². The van der Waals surface area contributed by atoms with E-state index in [0.717, 1.165) is 28.0 Å². The molecule has 0 saturated carbocycles. The number of hydrogen-bond donors (Lipinski definition) is 0. The summed E-state index contributed by atoms with van der Waals surface area (Å²) in [7, 11) is 1.66. The highest BCUT2D eigenvalue weighted by molar-refractivity contribution is 5.79. The molecule has 0 saturated heterocycles. The molecule has 0 aliphatic rings. The van der Waals surface area contributed by atoms with Crippen LogP contribution in [0.15, 0.2) is 48.5 Å². The molecule has 0 aliphatic heterocycles. The van der Waals surface area contributed by atoms with Crippen molar-refractivity contribution in [3.63, 3.8) is 0 Å². The largest absolute Gasteiger partial charge is 0.497 e. The van der Waals surface area contributed by atoms with Crippen LogP contribution in [0.4, 0.5) is 0 Å². The van der Waals surface area contributed by atoms with Gasteiger partial charge in [0.25, 0.3) is 0 Å². The summed E-state index contributed by atoms with van der Waals surface area (Å²) in [4.78, 5) is 9.28. The van der Waals surface area contributed by atoms with Gasteiger partial charge in [0.05, 0.1) is 24.2 Å². The van der Waals surface area contributed by atoms with Gasteiger partial charge in [-0.05, 0) is 49.8 Å². The Morgan fingerprint density at radius 1 is 0.875 bits per heavy atom. The van der Waals surface area contributed by atoms with Crippen molar-refractivity contribution in [2.45, 2.75) is 20.0 Å². The van der Waals surface area contributed by atoms with Crippen molar-refractivity contribution in [2.24, 2.45) is 0 Å². The normalized spacial score (nSPS) is 11.3. The molecule has 1 heterocycles. The summed E-state index contributed by atoms with van der Waals surface area (Å²) in [6, 6.07) is 15.6. The van der Waals surface area contributed by atoms with E-state index in [1.165, 1.54) is 0 Å². The lowest BCUT2D eigenvalue weighted by atomic mass is 10.2. The van der Waals surface area contributed by atoms with Crippen molar-refractivity contribution in [3.05, 3.63) is 59.8 Å². The minimum Gasteiger partial charge on any atom is -0.497 e. The highest BCUT2D eigenvalue weighted by atomic mass is 16.5. The van der Waals surface area contributed by atoms with E-state index in [2.05, 4.69) is 9.97 Å². The molecule has 0 unspecified atom stereocenters. The molecule has 2 aromatic carbocycles. The number of ether oxygens (including phenoxy) is 2. The summed E-state index contributed by atoms with van der Waals surface area (Å²) >= 11 is 0. The molecule has 122 valence electrons. The molecule has 0 fully saturated rings. The first-order valence-electron chi connectivity index (χ1n) is 7.91. The number of fused-ring (bicyclic) bond motifs is 1. The molecule has 24 heavy (non-hydrogen) atoms. The third-order valence-electron chi connectivity index (χ3n) is 3.46. The summed E-state index contributed by atoms with van der Waals surface area (Å²) in [6.45, 7) is 3.96. The zero-order valence-electron chi connectivity index (χ0n) is 14.1. The summed E-state index contributed by atoms with van der Waals surface area (Å²) < 4.78 is 11.0. The predicted molar refractivity (Wildman–Crippen MR) is 97.2 cm³/mol. The van der Waals surface area contributed by atoms with E-state index >= 15 is 0 Å². The quantitative estimate of drug-likeness (QED) is 0.689. The van der Waals surface area contributed by atoms with Gasteiger partial charge in [-0.15, -0.1) is 0 Å². The van der Waals surface area contributed by atoms with Crippen molar-refractivity contribution in [3.8, 4) is 11.6 Å². The van der Waals surface area contributed by atoms with E-state index in [0.29, 0.717) is 5.88 Å². The van der Waals surface area contributed by atoms with Gasteiger partial charge in [0, 0.05) is 0 Å². The number of nitrogens with zero attached hydrogens (tertiary/aromatic N) is 2. The molecule has 0 radical (unpaired) electrons. The molecule has 4 heteroatoms. The van der Waals surface area contributed by atoms with E-state index in [4.69, 9.17) is 9.47 Å². The minimum absolute atomic E-state index is 0.0357.